The Hall–Kier alpha value is -2.44. The van der Waals surface area contributed by atoms with Crippen LogP contribution in [0.3, 0.4) is 0 Å². The Kier molecular flexibility index (Phi) is 3.52. The lowest BCUT2D eigenvalue weighted by atomic mass is 10.2. The molecule has 2 aromatic heterocycles. The van der Waals surface area contributed by atoms with Gasteiger partial charge >= 0.3 is 0 Å². The predicted octanol–water partition coefficient (Wildman–Crippen LogP) is 0.182. The Labute approximate surface area is 104 Å². The number of rotatable bonds is 4. The van der Waals surface area contributed by atoms with Crippen LogP contribution < -0.4 is 10.6 Å². The van der Waals surface area contributed by atoms with Gasteiger partial charge < -0.3 is 10.6 Å². The summed E-state index contributed by atoms with van der Waals surface area (Å²) in [6.07, 6.45) is 3.22. The van der Waals surface area contributed by atoms with Crippen molar-refractivity contribution in [3.63, 3.8) is 0 Å². The minimum absolute atomic E-state index is 0.208. The number of nitrogens with one attached hydrogen (secondary N) is 2. The van der Waals surface area contributed by atoms with E-state index in [2.05, 4.69) is 25.7 Å². The maximum atomic E-state index is 12.0. The Balaban J connectivity index is 2.03. The molecule has 0 unspecified atom stereocenters. The van der Waals surface area contributed by atoms with Crippen molar-refractivity contribution in [3.05, 3.63) is 36.0 Å². The first-order chi connectivity index (χ1) is 8.70. The summed E-state index contributed by atoms with van der Waals surface area (Å²) in [5.41, 5.74) is 0.496. The number of aromatic nitrogens is 4. The SMILES string of the molecule is CNc1ncccc1C(=O)NCc1ncn(C)n1. The molecule has 0 spiro atoms. The zero-order valence-corrected chi connectivity index (χ0v) is 10.2. The van der Waals surface area contributed by atoms with Gasteiger partial charge in [0.15, 0.2) is 5.82 Å². The van der Waals surface area contributed by atoms with Crippen molar-refractivity contribution in [2.45, 2.75) is 6.54 Å². The highest BCUT2D eigenvalue weighted by Gasteiger charge is 2.11. The highest BCUT2D eigenvalue weighted by Crippen LogP contribution is 2.10. The van der Waals surface area contributed by atoms with E-state index in [1.54, 1.807) is 43.4 Å². The quantitative estimate of drug-likeness (QED) is 0.804. The lowest BCUT2D eigenvalue weighted by Gasteiger charge is -2.07. The van der Waals surface area contributed by atoms with E-state index in [0.717, 1.165) is 0 Å². The highest BCUT2D eigenvalue weighted by atomic mass is 16.1. The smallest absolute Gasteiger partial charge is 0.255 e. The van der Waals surface area contributed by atoms with Crippen molar-refractivity contribution in [1.29, 1.82) is 0 Å². The maximum Gasteiger partial charge on any atom is 0.255 e. The first-order valence-corrected chi connectivity index (χ1v) is 5.46. The van der Waals surface area contributed by atoms with Crippen molar-refractivity contribution in [3.8, 4) is 0 Å². The van der Waals surface area contributed by atoms with Gasteiger partial charge in [0, 0.05) is 20.3 Å². The molecule has 7 nitrogen and oxygen atoms in total. The average Bonchev–Trinajstić information content (AvgIpc) is 2.81. The summed E-state index contributed by atoms with van der Waals surface area (Å²) < 4.78 is 1.59. The molecular formula is C11H14N6O. The normalized spacial score (nSPS) is 10.1. The van der Waals surface area contributed by atoms with Crippen molar-refractivity contribution in [2.75, 3.05) is 12.4 Å². The second kappa shape index (κ2) is 5.26. The van der Waals surface area contributed by atoms with Gasteiger partial charge in [0.1, 0.15) is 12.1 Å². The van der Waals surface area contributed by atoms with Gasteiger partial charge in [-0.2, -0.15) is 5.10 Å². The molecule has 0 saturated heterocycles. The second-order valence-corrected chi connectivity index (χ2v) is 3.67. The molecule has 2 heterocycles. The van der Waals surface area contributed by atoms with E-state index in [1.807, 2.05) is 0 Å². The van der Waals surface area contributed by atoms with Crippen molar-refractivity contribution in [1.82, 2.24) is 25.1 Å². The maximum absolute atomic E-state index is 12.0. The van der Waals surface area contributed by atoms with E-state index in [4.69, 9.17) is 0 Å². The van der Waals surface area contributed by atoms with Gasteiger partial charge in [0.2, 0.25) is 0 Å². The molecule has 0 fully saturated rings. The van der Waals surface area contributed by atoms with E-state index >= 15 is 0 Å². The molecule has 2 N–H and O–H groups in total. The number of amides is 1. The minimum atomic E-state index is -0.208. The first kappa shape index (κ1) is 12.0. The van der Waals surface area contributed by atoms with E-state index in [9.17, 15) is 4.79 Å². The summed E-state index contributed by atoms with van der Waals surface area (Å²) in [4.78, 5) is 20.1. The molecule has 18 heavy (non-hydrogen) atoms. The molecule has 0 aliphatic rings. The Morgan fingerprint density at radius 2 is 2.28 bits per heavy atom. The van der Waals surface area contributed by atoms with Crippen LogP contribution in [-0.2, 0) is 13.6 Å². The summed E-state index contributed by atoms with van der Waals surface area (Å²) in [5, 5.41) is 9.70. The molecular weight excluding hydrogens is 232 g/mol. The monoisotopic (exact) mass is 246 g/mol. The van der Waals surface area contributed by atoms with Crippen LogP contribution in [0.1, 0.15) is 16.2 Å². The number of carbonyl (C=O) groups excluding carboxylic acids is 1. The van der Waals surface area contributed by atoms with Crippen LogP contribution >= 0.6 is 0 Å². The van der Waals surface area contributed by atoms with Crippen LogP contribution in [0.15, 0.2) is 24.7 Å². The van der Waals surface area contributed by atoms with Gasteiger partial charge in [-0.05, 0) is 12.1 Å². The molecule has 1 amide bonds. The molecule has 0 aliphatic carbocycles. The van der Waals surface area contributed by atoms with Crippen molar-refractivity contribution >= 4 is 11.7 Å². The number of carbonyl (C=O) groups is 1. The topological polar surface area (TPSA) is 84.7 Å². The third kappa shape index (κ3) is 2.62. The lowest BCUT2D eigenvalue weighted by molar-refractivity contribution is 0.0950. The summed E-state index contributed by atoms with van der Waals surface area (Å²) >= 11 is 0. The largest absolute Gasteiger partial charge is 0.372 e. The van der Waals surface area contributed by atoms with E-state index < -0.39 is 0 Å². The molecule has 0 saturated carbocycles. The van der Waals surface area contributed by atoms with Gasteiger partial charge in [0.25, 0.3) is 5.91 Å². The van der Waals surface area contributed by atoms with Gasteiger partial charge in [-0.15, -0.1) is 0 Å². The zero-order chi connectivity index (χ0) is 13.0. The standard InChI is InChI=1S/C11H14N6O/c1-12-10-8(4-3-5-13-10)11(18)14-6-9-15-7-17(2)16-9/h3-5,7H,6H2,1-2H3,(H,12,13)(H,14,18). The van der Waals surface area contributed by atoms with Gasteiger partial charge in [-0.25, -0.2) is 9.97 Å². The van der Waals surface area contributed by atoms with Gasteiger partial charge in [0.05, 0.1) is 12.1 Å². The third-order valence-corrected chi connectivity index (χ3v) is 2.34. The van der Waals surface area contributed by atoms with Crippen LogP contribution in [0.2, 0.25) is 0 Å². The average molecular weight is 246 g/mol. The minimum Gasteiger partial charge on any atom is -0.372 e. The summed E-state index contributed by atoms with van der Waals surface area (Å²) in [5.74, 6) is 0.907. The molecule has 0 atom stereocenters. The van der Waals surface area contributed by atoms with E-state index in [0.29, 0.717) is 17.2 Å². The molecule has 0 aliphatic heterocycles. The number of anilines is 1. The second-order valence-electron chi connectivity index (χ2n) is 3.67. The fourth-order valence-corrected chi connectivity index (χ4v) is 1.51. The molecule has 7 heteroatoms. The molecule has 0 bridgehead atoms. The first-order valence-electron chi connectivity index (χ1n) is 5.46. The van der Waals surface area contributed by atoms with Crippen LogP contribution in [0.25, 0.3) is 0 Å². The number of aryl methyl sites for hydroxylation is 1. The summed E-state index contributed by atoms with van der Waals surface area (Å²) in [6, 6.07) is 3.43. The van der Waals surface area contributed by atoms with Crippen LogP contribution in [0, 0.1) is 0 Å². The summed E-state index contributed by atoms with van der Waals surface area (Å²) in [7, 11) is 3.50. The molecule has 0 radical (unpaired) electrons. The fraction of sp³-hybridized carbons (Fsp3) is 0.273. The number of pyridine rings is 1. The molecule has 94 valence electrons. The van der Waals surface area contributed by atoms with Crippen molar-refractivity contribution < 1.29 is 4.79 Å². The van der Waals surface area contributed by atoms with Crippen LogP contribution in [-0.4, -0.2) is 32.7 Å². The van der Waals surface area contributed by atoms with Crippen molar-refractivity contribution in [2.24, 2.45) is 7.05 Å². The Bertz CT molecular complexity index is 550. The third-order valence-electron chi connectivity index (χ3n) is 2.34. The number of nitrogens with zero attached hydrogens (tertiary/aromatic N) is 4. The fourth-order valence-electron chi connectivity index (χ4n) is 1.51. The number of hydrogen-bond donors (Lipinski definition) is 2. The van der Waals surface area contributed by atoms with Crippen LogP contribution in [0.5, 0.6) is 0 Å². The van der Waals surface area contributed by atoms with E-state index in [1.165, 1.54) is 0 Å². The molecule has 2 rings (SSSR count). The zero-order valence-electron chi connectivity index (χ0n) is 10.2. The molecule has 2 aromatic rings. The van der Waals surface area contributed by atoms with Crippen LogP contribution in [0.4, 0.5) is 5.82 Å². The van der Waals surface area contributed by atoms with E-state index in [-0.39, 0.29) is 12.5 Å². The lowest BCUT2D eigenvalue weighted by Crippen LogP contribution is -2.24. The number of hydrogen-bond acceptors (Lipinski definition) is 5. The predicted molar refractivity (Wildman–Crippen MR) is 66.0 cm³/mol. The summed E-state index contributed by atoms with van der Waals surface area (Å²) in [6.45, 7) is 0.289. The van der Waals surface area contributed by atoms with Gasteiger partial charge in [-0.3, -0.25) is 9.48 Å². The Morgan fingerprint density at radius 1 is 1.44 bits per heavy atom. The highest BCUT2D eigenvalue weighted by molar-refractivity contribution is 5.98. The van der Waals surface area contributed by atoms with Gasteiger partial charge in [-0.1, -0.05) is 0 Å². The molecule has 0 aromatic carbocycles. The Morgan fingerprint density at radius 3 is 2.94 bits per heavy atom.